The topological polar surface area (TPSA) is 83.8 Å². The number of carbonyl (C=O) groups excluding carboxylic acids is 1. The zero-order valence-corrected chi connectivity index (χ0v) is 18.5. The first-order valence-electron chi connectivity index (χ1n) is 10.7. The monoisotopic (exact) mass is 456 g/mol. The number of hydrogen-bond acceptors (Lipinski definition) is 4. The molecule has 1 amide bonds. The maximum atomic E-state index is 12.3. The zero-order chi connectivity index (χ0) is 22.6. The summed E-state index contributed by atoms with van der Waals surface area (Å²) in [7, 11) is 0. The molecule has 0 spiro atoms. The summed E-state index contributed by atoms with van der Waals surface area (Å²) in [4.78, 5) is 24.5. The Bertz CT molecular complexity index is 1370. The molecule has 5 rings (SSSR count). The highest BCUT2D eigenvalue weighted by Gasteiger charge is 2.11. The molecule has 0 fully saturated rings. The number of halogens is 1. The maximum Gasteiger partial charge on any atom is 0.220 e. The van der Waals surface area contributed by atoms with Crippen molar-refractivity contribution in [3.8, 4) is 22.7 Å². The minimum absolute atomic E-state index is 0.0612. The summed E-state index contributed by atoms with van der Waals surface area (Å²) < 4.78 is 5.76. The molecule has 164 valence electrons. The van der Waals surface area contributed by atoms with Crippen molar-refractivity contribution >= 4 is 28.5 Å². The molecule has 33 heavy (non-hydrogen) atoms. The summed E-state index contributed by atoms with van der Waals surface area (Å²) in [5.74, 6) is 1.87. The van der Waals surface area contributed by atoms with Crippen LogP contribution in [0.5, 0.6) is 0 Å². The van der Waals surface area contributed by atoms with Crippen LogP contribution in [0.3, 0.4) is 0 Å². The van der Waals surface area contributed by atoms with Crippen LogP contribution >= 0.6 is 11.6 Å². The van der Waals surface area contributed by atoms with E-state index in [-0.39, 0.29) is 5.91 Å². The predicted octanol–water partition coefficient (Wildman–Crippen LogP) is 5.79. The third-order valence-corrected chi connectivity index (χ3v) is 5.69. The first-order valence-corrected chi connectivity index (χ1v) is 11.0. The quantitative estimate of drug-likeness (QED) is 0.325. The van der Waals surface area contributed by atoms with Crippen molar-refractivity contribution in [1.29, 1.82) is 0 Å². The highest BCUT2D eigenvalue weighted by atomic mass is 35.5. The average molecular weight is 457 g/mol. The van der Waals surface area contributed by atoms with E-state index < -0.39 is 0 Å². The van der Waals surface area contributed by atoms with Gasteiger partial charge in [0.1, 0.15) is 5.82 Å². The second kappa shape index (κ2) is 9.30. The van der Waals surface area contributed by atoms with Crippen LogP contribution in [-0.2, 0) is 17.8 Å². The van der Waals surface area contributed by atoms with Crippen LogP contribution in [0.15, 0.2) is 83.4 Å². The molecule has 7 heteroatoms. The Hall–Kier alpha value is -3.90. The molecule has 0 aliphatic carbocycles. The highest BCUT2D eigenvalue weighted by Crippen LogP contribution is 2.28. The minimum atomic E-state index is -0.0612. The molecule has 0 aliphatic rings. The number of rotatable bonds is 7. The van der Waals surface area contributed by atoms with Gasteiger partial charge < -0.3 is 14.7 Å². The number of hydrogen-bond donors (Lipinski definition) is 2. The third-order valence-electron chi connectivity index (χ3n) is 5.37. The first-order chi connectivity index (χ1) is 16.2. The minimum Gasteiger partial charge on any atom is -0.441 e. The van der Waals surface area contributed by atoms with Crippen molar-refractivity contribution in [2.24, 2.45) is 0 Å². The van der Waals surface area contributed by atoms with E-state index in [1.165, 1.54) is 0 Å². The predicted molar refractivity (Wildman–Crippen MR) is 129 cm³/mol. The molecule has 0 saturated heterocycles. The molecule has 0 aliphatic heterocycles. The smallest absolute Gasteiger partial charge is 0.220 e. The average Bonchev–Trinajstić information content (AvgIpc) is 3.49. The van der Waals surface area contributed by atoms with E-state index in [9.17, 15) is 4.79 Å². The largest absolute Gasteiger partial charge is 0.441 e. The lowest BCUT2D eigenvalue weighted by Gasteiger charge is -2.05. The molecular weight excluding hydrogens is 436 g/mol. The standard InChI is InChI=1S/C26H21ClN4O2/c27-20-6-2-1-5-19(20)23-16-29-25(33-23)14-13-24(32)28-15-17-9-11-18(12-10-17)26-30-21-7-3-4-8-22(21)31-26/h1-12,16H,13-15H2,(H,28,32)(H,30,31). The molecule has 5 aromatic rings. The van der Waals surface area contributed by atoms with Crippen molar-refractivity contribution in [3.05, 3.63) is 95.5 Å². The lowest BCUT2D eigenvalue weighted by molar-refractivity contribution is -0.121. The van der Waals surface area contributed by atoms with E-state index in [2.05, 4.69) is 20.3 Å². The van der Waals surface area contributed by atoms with Gasteiger partial charge in [0.15, 0.2) is 11.7 Å². The fraction of sp³-hybridized carbons (Fsp3) is 0.115. The fourth-order valence-corrected chi connectivity index (χ4v) is 3.82. The van der Waals surface area contributed by atoms with E-state index >= 15 is 0 Å². The number of carbonyl (C=O) groups is 1. The van der Waals surface area contributed by atoms with Gasteiger partial charge in [0.2, 0.25) is 5.91 Å². The van der Waals surface area contributed by atoms with Gasteiger partial charge >= 0.3 is 0 Å². The molecule has 0 radical (unpaired) electrons. The number of oxazole rings is 1. The Kier molecular flexibility index (Phi) is 5.91. The summed E-state index contributed by atoms with van der Waals surface area (Å²) in [6.45, 7) is 0.454. The number of benzene rings is 3. The summed E-state index contributed by atoms with van der Waals surface area (Å²) in [5, 5.41) is 3.55. The molecule has 2 aromatic heterocycles. The van der Waals surface area contributed by atoms with Crippen molar-refractivity contribution < 1.29 is 9.21 Å². The van der Waals surface area contributed by atoms with Gasteiger partial charge in [-0.3, -0.25) is 4.79 Å². The number of para-hydroxylation sites is 2. The van der Waals surface area contributed by atoms with Crippen molar-refractivity contribution in [2.75, 3.05) is 0 Å². The van der Waals surface area contributed by atoms with Crippen molar-refractivity contribution in [3.63, 3.8) is 0 Å². The second-order valence-corrected chi connectivity index (χ2v) is 8.08. The van der Waals surface area contributed by atoms with Crippen LogP contribution < -0.4 is 5.32 Å². The molecule has 2 heterocycles. The third kappa shape index (κ3) is 4.81. The zero-order valence-electron chi connectivity index (χ0n) is 17.7. The van der Waals surface area contributed by atoms with Crippen LogP contribution in [-0.4, -0.2) is 20.9 Å². The highest BCUT2D eigenvalue weighted by molar-refractivity contribution is 6.33. The van der Waals surface area contributed by atoms with Gasteiger partial charge in [0.05, 0.1) is 22.3 Å². The van der Waals surface area contributed by atoms with Crippen LogP contribution in [0.4, 0.5) is 0 Å². The Morgan fingerprint density at radius 2 is 1.79 bits per heavy atom. The summed E-state index contributed by atoms with van der Waals surface area (Å²) in [6.07, 6.45) is 2.35. The maximum absolute atomic E-state index is 12.3. The van der Waals surface area contributed by atoms with Gasteiger partial charge in [-0.05, 0) is 29.8 Å². The SMILES string of the molecule is O=C(CCc1ncc(-c2ccccc2Cl)o1)NCc1ccc(-c2nc3ccccc3[nH]2)cc1. The molecular formula is C26H21ClN4O2. The number of aryl methyl sites for hydroxylation is 1. The van der Waals surface area contributed by atoms with Gasteiger partial charge in [-0.1, -0.05) is 60.1 Å². The van der Waals surface area contributed by atoms with Gasteiger partial charge in [0, 0.05) is 30.5 Å². The van der Waals surface area contributed by atoms with Crippen LogP contribution in [0.1, 0.15) is 17.9 Å². The lowest BCUT2D eigenvalue weighted by Crippen LogP contribution is -2.23. The van der Waals surface area contributed by atoms with Gasteiger partial charge in [-0.25, -0.2) is 9.97 Å². The molecule has 6 nitrogen and oxygen atoms in total. The normalized spacial score (nSPS) is 11.1. The summed E-state index contributed by atoms with van der Waals surface area (Å²) >= 11 is 6.20. The molecule has 0 saturated carbocycles. The van der Waals surface area contributed by atoms with Gasteiger partial charge in [0.25, 0.3) is 0 Å². The number of H-pyrrole nitrogens is 1. The summed E-state index contributed by atoms with van der Waals surface area (Å²) in [6, 6.07) is 23.4. The van der Waals surface area contributed by atoms with Crippen LogP contribution in [0.25, 0.3) is 33.7 Å². The molecule has 0 atom stereocenters. The number of fused-ring (bicyclic) bond motifs is 1. The van der Waals surface area contributed by atoms with E-state index in [1.54, 1.807) is 12.3 Å². The Morgan fingerprint density at radius 1 is 1.00 bits per heavy atom. The van der Waals surface area contributed by atoms with Gasteiger partial charge in [-0.2, -0.15) is 0 Å². The Morgan fingerprint density at radius 3 is 2.61 bits per heavy atom. The van der Waals surface area contributed by atoms with Crippen LogP contribution in [0.2, 0.25) is 5.02 Å². The molecule has 0 unspecified atom stereocenters. The number of nitrogens with one attached hydrogen (secondary N) is 2. The van der Waals surface area contributed by atoms with E-state index in [0.717, 1.165) is 33.5 Å². The van der Waals surface area contributed by atoms with E-state index in [4.69, 9.17) is 16.0 Å². The van der Waals surface area contributed by atoms with Crippen molar-refractivity contribution in [1.82, 2.24) is 20.3 Å². The number of aromatic nitrogens is 3. The first kappa shape index (κ1) is 21.0. The number of amides is 1. The summed E-state index contributed by atoms with van der Waals surface area (Å²) in [5.41, 5.74) is 4.75. The van der Waals surface area contributed by atoms with Gasteiger partial charge in [-0.15, -0.1) is 0 Å². The Labute approximate surface area is 195 Å². The second-order valence-electron chi connectivity index (χ2n) is 7.67. The molecule has 3 aromatic carbocycles. The molecule has 2 N–H and O–H groups in total. The number of imidazole rings is 1. The van der Waals surface area contributed by atoms with Crippen molar-refractivity contribution in [2.45, 2.75) is 19.4 Å². The Balaban J connectivity index is 1.13. The van der Waals surface area contributed by atoms with Crippen LogP contribution in [0, 0.1) is 0 Å². The lowest BCUT2D eigenvalue weighted by atomic mass is 10.1. The van der Waals surface area contributed by atoms with E-state index in [0.29, 0.717) is 36.1 Å². The fourth-order valence-electron chi connectivity index (χ4n) is 3.59. The number of nitrogens with zero attached hydrogens (tertiary/aromatic N) is 2. The molecule has 0 bridgehead atoms. The number of aromatic amines is 1. The van der Waals surface area contributed by atoms with E-state index in [1.807, 2.05) is 66.7 Å².